The third-order valence-electron chi connectivity index (χ3n) is 0. The normalized spacial score (nSPS) is 5.80. The van der Waals surface area contributed by atoms with E-state index in [0.717, 1.165) is 0 Å². The zero-order chi connectivity index (χ0) is 4.50. The molecule has 61 valence electrons. The molecular weight excluding hydrogens is 273 g/mol. The first-order valence-corrected chi connectivity index (χ1v) is 2.10. The summed E-state index contributed by atoms with van der Waals surface area (Å²) in [5, 5.41) is 0. The number of hydrogen-bond donors (Lipinski definition) is 2. The molecule has 0 aromatic carbocycles. The molecule has 0 aliphatic heterocycles. The zero-order valence-corrected chi connectivity index (χ0v) is 9.17. The molecule has 0 aliphatic carbocycles. The van der Waals surface area contributed by atoms with E-state index < -0.39 is 10.4 Å². The number of hydrogen-bond acceptors (Lipinski definition) is 2. The molecule has 0 saturated carbocycles. The molecule has 6 N–H and O–H groups in total. The second kappa shape index (κ2) is 17.0. The molecule has 0 aliphatic rings. The van der Waals surface area contributed by atoms with Crippen molar-refractivity contribution < 1.29 is 65.0 Å². The van der Waals surface area contributed by atoms with E-state index >= 15 is 0 Å². The van der Waals surface area contributed by atoms with E-state index in [1.807, 2.05) is 0 Å². The van der Waals surface area contributed by atoms with Gasteiger partial charge in [0.15, 0.2) is 0 Å². The van der Waals surface area contributed by atoms with Gasteiger partial charge in [-0.05, 0) is 0 Å². The molecular formula is H8MgMnO6SZn. The van der Waals surface area contributed by atoms with Gasteiger partial charge in [0.1, 0.15) is 0 Å². The van der Waals surface area contributed by atoms with Crippen molar-refractivity contribution in [1.29, 1.82) is 0 Å². The van der Waals surface area contributed by atoms with E-state index in [1.165, 1.54) is 0 Å². The molecule has 0 atom stereocenters. The van der Waals surface area contributed by atoms with Gasteiger partial charge >= 0.3 is 33.5 Å². The van der Waals surface area contributed by atoms with E-state index in [2.05, 4.69) is 0 Å². The predicted molar refractivity (Wildman–Crippen MR) is 29.9 cm³/mol. The molecule has 10 heavy (non-hydrogen) atoms. The van der Waals surface area contributed by atoms with E-state index in [9.17, 15) is 0 Å². The van der Waals surface area contributed by atoms with Gasteiger partial charge in [-0.3, -0.25) is 9.11 Å². The summed E-state index contributed by atoms with van der Waals surface area (Å²) >= 11 is 0. The molecule has 0 saturated heterocycles. The minimum Gasteiger partial charge on any atom is -0.412 e. The summed E-state index contributed by atoms with van der Waals surface area (Å²) in [6.07, 6.45) is 0. The summed E-state index contributed by atoms with van der Waals surface area (Å²) in [5.74, 6) is 0. The molecule has 0 fully saturated rings. The minimum absolute atomic E-state index is 0. The molecule has 0 bridgehead atoms. The Labute approximate surface area is 97.7 Å². The van der Waals surface area contributed by atoms with Crippen LogP contribution >= 0.6 is 0 Å². The SMILES string of the molecule is O.O.O=S(=O)(O)O.[MgH2].[Mn].[Zn]. The fraction of sp³-hybridized carbons (Fsp3) is 0. The summed E-state index contributed by atoms with van der Waals surface area (Å²) < 4.78 is 31.6. The summed E-state index contributed by atoms with van der Waals surface area (Å²) in [6, 6.07) is 0. The third-order valence-corrected chi connectivity index (χ3v) is 0. The molecule has 0 rings (SSSR count). The van der Waals surface area contributed by atoms with Gasteiger partial charge < -0.3 is 11.0 Å². The predicted octanol–water partition coefficient (Wildman–Crippen LogP) is -3.22. The molecule has 0 spiro atoms. The first kappa shape index (κ1) is 41.2. The van der Waals surface area contributed by atoms with Crippen LogP contribution in [-0.4, -0.2) is 51.5 Å². The first-order chi connectivity index (χ1) is 2.00. The van der Waals surface area contributed by atoms with Gasteiger partial charge in [-0.15, -0.1) is 0 Å². The molecule has 0 aromatic heterocycles. The van der Waals surface area contributed by atoms with Crippen molar-refractivity contribution in [1.82, 2.24) is 0 Å². The second-order valence-electron chi connectivity index (χ2n) is 0.448. The second-order valence-corrected chi connectivity index (χ2v) is 1.34. The monoisotopic (exact) mass is 279 g/mol. The van der Waals surface area contributed by atoms with Crippen LogP contribution in [0.1, 0.15) is 0 Å². The van der Waals surface area contributed by atoms with Crippen LogP contribution in [0.4, 0.5) is 0 Å². The topological polar surface area (TPSA) is 138 Å². The Morgan fingerprint density at radius 1 is 1.00 bits per heavy atom. The Morgan fingerprint density at radius 2 is 1.00 bits per heavy atom. The number of rotatable bonds is 0. The van der Waals surface area contributed by atoms with Gasteiger partial charge in [0.25, 0.3) is 0 Å². The van der Waals surface area contributed by atoms with Gasteiger partial charge in [0.2, 0.25) is 0 Å². The molecule has 0 aromatic rings. The Bertz CT molecular complexity index is 101. The average molecular weight is 281 g/mol. The fourth-order valence-electron chi connectivity index (χ4n) is 0. The van der Waals surface area contributed by atoms with Gasteiger partial charge in [-0.1, -0.05) is 0 Å². The molecule has 0 unspecified atom stereocenters. The van der Waals surface area contributed by atoms with Crippen molar-refractivity contribution in [2.24, 2.45) is 0 Å². The summed E-state index contributed by atoms with van der Waals surface area (Å²) in [6.45, 7) is 0. The van der Waals surface area contributed by atoms with Gasteiger partial charge in [-0.25, -0.2) is 0 Å². The maximum atomic E-state index is 8.74. The minimum atomic E-state index is -4.67. The van der Waals surface area contributed by atoms with E-state index in [1.54, 1.807) is 0 Å². The largest absolute Gasteiger partial charge is 0.412 e. The Hall–Kier alpha value is 1.70. The van der Waals surface area contributed by atoms with Gasteiger partial charge in [-0.2, -0.15) is 8.42 Å². The maximum Gasteiger partial charge on any atom is 0.394 e. The van der Waals surface area contributed by atoms with Crippen LogP contribution in [-0.2, 0) is 46.9 Å². The van der Waals surface area contributed by atoms with Crippen LogP contribution in [0.3, 0.4) is 0 Å². The van der Waals surface area contributed by atoms with Crippen molar-refractivity contribution in [2.75, 3.05) is 0 Å². The van der Waals surface area contributed by atoms with Crippen LogP contribution in [0, 0.1) is 0 Å². The average Bonchev–Trinajstić information content (AvgIpc) is 0.722. The summed E-state index contributed by atoms with van der Waals surface area (Å²) in [5.41, 5.74) is 0. The molecule has 0 amide bonds. The third kappa shape index (κ3) is 254. The van der Waals surface area contributed by atoms with Gasteiger partial charge in [0.05, 0.1) is 0 Å². The Morgan fingerprint density at radius 3 is 1.00 bits per heavy atom. The molecule has 10 heteroatoms. The van der Waals surface area contributed by atoms with Crippen molar-refractivity contribution >= 4 is 33.5 Å². The molecule has 0 heterocycles. The Kier molecular flexibility index (Phi) is 70.0. The summed E-state index contributed by atoms with van der Waals surface area (Å²) in [4.78, 5) is 0. The van der Waals surface area contributed by atoms with Crippen LogP contribution < -0.4 is 0 Å². The maximum absolute atomic E-state index is 8.74. The van der Waals surface area contributed by atoms with E-state index in [4.69, 9.17) is 17.5 Å². The standard InChI is InChI=1S/Mg.Mn.H2O4S.2H2O.Zn.2H/c;;1-5(2,3)4;;;;;/h;;(H2,1,2,3,4);2*1H2;;;. The smallest absolute Gasteiger partial charge is 0.394 e. The van der Waals surface area contributed by atoms with Crippen molar-refractivity contribution in [3.8, 4) is 0 Å². The van der Waals surface area contributed by atoms with Crippen LogP contribution in [0.5, 0.6) is 0 Å². The quantitative estimate of drug-likeness (QED) is 0.356. The van der Waals surface area contributed by atoms with Crippen LogP contribution in [0.15, 0.2) is 0 Å². The van der Waals surface area contributed by atoms with E-state index in [-0.39, 0.29) is 70.6 Å². The van der Waals surface area contributed by atoms with Crippen molar-refractivity contribution in [3.63, 3.8) is 0 Å². The van der Waals surface area contributed by atoms with Crippen molar-refractivity contribution in [3.05, 3.63) is 0 Å². The zero-order valence-electron chi connectivity index (χ0n) is 4.20. The summed E-state index contributed by atoms with van der Waals surface area (Å²) in [7, 11) is -4.67. The van der Waals surface area contributed by atoms with Crippen LogP contribution in [0.2, 0.25) is 0 Å². The van der Waals surface area contributed by atoms with E-state index in [0.29, 0.717) is 0 Å². The van der Waals surface area contributed by atoms with Crippen LogP contribution in [0.25, 0.3) is 0 Å². The van der Waals surface area contributed by atoms with Gasteiger partial charge in [0, 0.05) is 36.5 Å². The van der Waals surface area contributed by atoms with Crippen molar-refractivity contribution in [2.45, 2.75) is 0 Å². The molecule has 6 nitrogen and oxygen atoms in total. The first-order valence-electron chi connectivity index (χ1n) is 0.698. The molecule has 1 radical (unpaired) electrons. The fourth-order valence-corrected chi connectivity index (χ4v) is 0. The Balaban J connectivity index is -0.00000000800.